The number of carbonyl (C=O) groups is 3. The number of hydrogen-bond donors (Lipinski definition) is 1. The molecule has 2 saturated heterocycles. The fourth-order valence-electron chi connectivity index (χ4n) is 4.57. The molecule has 4 heterocycles. The first-order chi connectivity index (χ1) is 17.4. The lowest BCUT2D eigenvalue weighted by Crippen LogP contribution is -2.48. The van der Waals surface area contributed by atoms with Gasteiger partial charge in [-0.25, -0.2) is 4.98 Å². The highest BCUT2D eigenvalue weighted by molar-refractivity contribution is 7.15. The maximum absolute atomic E-state index is 12.9. The van der Waals surface area contributed by atoms with Crippen molar-refractivity contribution in [3.63, 3.8) is 0 Å². The molecule has 9 heteroatoms. The van der Waals surface area contributed by atoms with Crippen molar-refractivity contribution >= 4 is 40.3 Å². The fourth-order valence-corrected chi connectivity index (χ4v) is 6.56. The van der Waals surface area contributed by atoms with Crippen LogP contribution in [0.2, 0.25) is 0 Å². The first-order valence-corrected chi connectivity index (χ1v) is 13.9. The summed E-state index contributed by atoms with van der Waals surface area (Å²) in [7, 11) is 1.80. The lowest BCUT2D eigenvalue weighted by molar-refractivity contribution is -0.128. The van der Waals surface area contributed by atoms with Crippen LogP contribution in [0.15, 0.2) is 42.6 Å². The molecule has 1 aromatic carbocycles. The lowest BCUT2D eigenvalue weighted by Gasteiger charge is -2.37. The third kappa shape index (κ3) is 5.43. The van der Waals surface area contributed by atoms with E-state index >= 15 is 0 Å². The molecule has 7 nitrogen and oxygen atoms in total. The molecule has 2 fully saturated rings. The second-order valence-corrected chi connectivity index (χ2v) is 11.8. The normalized spacial score (nSPS) is 17.7. The molecule has 3 aromatic rings. The molecule has 1 N–H and O–H groups in total. The minimum Gasteiger partial charge on any atom is -0.342 e. The Hall–Kier alpha value is -2.88. The summed E-state index contributed by atoms with van der Waals surface area (Å²) < 4.78 is 0. The van der Waals surface area contributed by atoms with Gasteiger partial charge in [-0.15, -0.1) is 22.7 Å². The second kappa shape index (κ2) is 10.6. The van der Waals surface area contributed by atoms with Gasteiger partial charge < -0.3 is 15.1 Å². The van der Waals surface area contributed by atoms with Crippen molar-refractivity contribution in [1.82, 2.24) is 20.1 Å². The van der Waals surface area contributed by atoms with E-state index in [0.717, 1.165) is 45.3 Å². The molecule has 0 saturated carbocycles. The largest absolute Gasteiger partial charge is 0.342 e. The number of benzene rings is 1. The number of ketones is 1. The van der Waals surface area contributed by atoms with Gasteiger partial charge in [-0.2, -0.15) is 0 Å². The van der Waals surface area contributed by atoms with Gasteiger partial charge in [0.1, 0.15) is 0 Å². The van der Waals surface area contributed by atoms with Gasteiger partial charge in [-0.3, -0.25) is 14.4 Å². The van der Waals surface area contributed by atoms with Crippen LogP contribution in [0.4, 0.5) is 0 Å². The van der Waals surface area contributed by atoms with E-state index in [1.165, 1.54) is 11.3 Å². The zero-order chi connectivity index (χ0) is 25.2. The predicted molar refractivity (Wildman–Crippen MR) is 142 cm³/mol. The zero-order valence-corrected chi connectivity index (χ0v) is 22.2. The number of hydrogen-bond acceptors (Lipinski definition) is 7. The van der Waals surface area contributed by atoms with Gasteiger partial charge in [0.15, 0.2) is 5.78 Å². The number of Topliss-reactive ketones (excluding diaryl/α,β-unsaturated/α-hetero) is 1. The van der Waals surface area contributed by atoms with Gasteiger partial charge in [0.25, 0.3) is 5.91 Å². The average molecular weight is 523 g/mol. The number of nitrogens with one attached hydrogen (secondary N) is 1. The first-order valence-electron chi connectivity index (χ1n) is 12.3. The Morgan fingerprint density at radius 3 is 2.58 bits per heavy atom. The minimum absolute atomic E-state index is 0.0306. The van der Waals surface area contributed by atoms with Crippen molar-refractivity contribution in [3.05, 3.63) is 62.9 Å². The van der Waals surface area contributed by atoms with Gasteiger partial charge in [0.2, 0.25) is 5.91 Å². The highest BCUT2D eigenvalue weighted by Crippen LogP contribution is 2.35. The lowest BCUT2D eigenvalue weighted by atomic mass is 10.0. The molecule has 2 aliphatic heterocycles. The highest BCUT2D eigenvalue weighted by atomic mass is 32.1. The van der Waals surface area contributed by atoms with Crippen LogP contribution in [0.3, 0.4) is 0 Å². The van der Waals surface area contributed by atoms with Crippen molar-refractivity contribution < 1.29 is 14.4 Å². The Balaban J connectivity index is 1.14. The molecule has 2 amide bonds. The quantitative estimate of drug-likeness (QED) is 0.484. The summed E-state index contributed by atoms with van der Waals surface area (Å²) in [5.74, 6) is 0.558. The molecule has 0 unspecified atom stereocenters. The molecule has 0 bridgehead atoms. The molecule has 0 spiro atoms. The smallest absolute Gasteiger partial charge is 0.263 e. The zero-order valence-electron chi connectivity index (χ0n) is 20.5. The van der Waals surface area contributed by atoms with E-state index in [1.807, 2.05) is 35.4 Å². The van der Waals surface area contributed by atoms with Gasteiger partial charge in [-0.1, -0.05) is 24.3 Å². The molecule has 2 aliphatic rings. The number of thiazole rings is 1. The summed E-state index contributed by atoms with van der Waals surface area (Å²) >= 11 is 3.11. The van der Waals surface area contributed by atoms with Gasteiger partial charge in [0.05, 0.1) is 20.8 Å². The van der Waals surface area contributed by atoms with Crippen molar-refractivity contribution in [1.29, 1.82) is 0 Å². The number of likely N-dealkylation sites (tertiary alicyclic amines) is 1. The SMILES string of the molecule is CC(=O)N(C)Cc1ccc(-c2cnc(C3CN(C(=O)c4ccc(CC(=O)[C@@H]5CCCN5)s4)C3)s2)cc1. The summed E-state index contributed by atoms with van der Waals surface area (Å²) in [6, 6.07) is 12.0. The van der Waals surface area contributed by atoms with Crippen LogP contribution in [-0.4, -0.2) is 65.1 Å². The average Bonchev–Trinajstić information content (AvgIpc) is 3.60. The van der Waals surface area contributed by atoms with Crippen LogP contribution in [0, 0.1) is 0 Å². The maximum atomic E-state index is 12.9. The fraction of sp³-hybridized carbons (Fsp3) is 0.407. The molecule has 2 aromatic heterocycles. The van der Waals surface area contributed by atoms with E-state index in [4.69, 9.17) is 0 Å². The van der Waals surface area contributed by atoms with Crippen LogP contribution < -0.4 is 5.32 Å². The van der Waals surface area contributed by atoms with E-state index in [2.05, 4.69) is 22.4 Å². The number of carbonyl (C=O) groups excluding carboxylic acids is 3. The van der Waals surface area contributed by atoms with Gasteiger partial charge >= 0.3 is 0 Å². The third-order valence-electron chi connectivity index (χ3n) is 6.91. The second-order valence-electron chi connectivity index (χ2n) is 9.60. The van der Waals surface area contributed by atoms with Gasteiger partial charge in [-0.05, 0) is 42.6 Å². The molecule has 5 rings (SSSR count). The van der Waals surface area contributed by atoms with Crippen LogP contribution in [0.25, 0.3) is 10.4 Å². The number of aromatic nitrogens is 1. The van der Waals surface area contributed by atoms with Crippen LogP contribution >= 0.6 is 22.7 Å². The summed E-state index contributed by atoms with van der Waals surface area (Å²) in [4.78, 5) is 47.7. The molecule has 188 valence electrons. The molecular formula is C27H30N4O3S2. The van der Waals surface area contributed by atoms with E-state index in [-0.39, 0.29) is 29.6 Å². The number of rotatable bonds is 8. The highest BCUT2D eigenvalue weighted by Gasteiger charge is 2.35. The maximum Gasteiger partial charge on any atom is 0.263 e. The molecular weight excluding hydrogens is 492 g/mol. The van der Waals surface area contributed by atoms with Crippen molar-refractivity contribution in [2.45, 2.75) is 44.7 Å². The van der Waals surface area contributed by atoms with Gasteiger partial charge in [0, 0.05) is 57.0 Å². The summed E-state index contributed by atoms with van der Waals surface area (Å²) in [6.07, 6.45) is 4.26. The van der Waals surface area contributed by atoms with Crippen LogP contribution in [0.5, 0.6) is 0 Å². The number of nitrogens with zero attached hydrogens (tertiary/aromatic N) is 3. The Bertz CT molecular complexity index is 1250. The summed E-state index contributed by atoms with van der Waals surface area (Å²) in [5.41, 5.74) is 2.19. The van der Waals surface area contributed by atoms with Crippen LogP contribution in [-0.2, 0) is 22.6 Å². The van der Waals surface area contributed by atoms with E-state index in [1.54, 1.807) is 30.2 Å². The Kier molecular flexibility index (Phi) is 7.32. The predicted octanol–water partition coefficient (Wildman–Crippen LogP) is 3.95. The molecule has 0 aliphatic carbocycles. The monoisotopic (exact) mass is 522 g/mol. The molecule has 0 radical (unpaired) electrons. The Morgan fingerprint density at radius 1 is 1.11 bits per heavy atom. The first kappa shape index (κ1) is 24.8. The number of thiophene rings is 1. The summed E-state index contributed by atoms with van der Waals surface area (Å²) in [5, 5.41) is 4.30. The Labute approximate surface area is 219 Å². The van der Waals surface area contributed by atoms with Crippen molar-refractivity contribution in [2.75, 3.05) is 26.7 Å². The number of amides is 2. The molecule has 36 heavy (non-hydrogen) atoms. The van der Waals surface area contributed by atoms with E-state index < -0.39 is 0 Å². The van der Waals surface area contributed by atoms with Crippen molar-refractivity contribution in [3.8, 4) is 10.4 Å². The topological polar surface area (TPSA) is 82.6 Å². The minimum atomic E-state index is -0.0306. The third-order valence-corrected chi connectivity index (χ3v) is 9.19. The van der Waals surface area contributed by atoms with E-state index in [0.29, 0.717) is 30.9 Å². The summed E-state index contributed by atoms with van der Waals surface area (Å²) in [6.45, 7) is 4.40. The Morgan fingerprint density at radius 2 is 1.89 bits per heavy atom. The molecule has 1 atom stereocenters. The van der Waals surface area contributed by atoms with Crippen molar-refractivity contribution in [2.24, 2.45) is 0 Å². The van der Waals surface area contributed by atoms with E-state index in [9.17, 15) is 14.4 Å². The van der Waals surface area contributed by atoms with Crippen LogP contribution in [0.1, 0.15) is 50.8 Å². The standard InChI is InChI=1S/C27H30N4O3S2/c1-17(32)30(2)14-18-5-7-19(8-6-18)25-13-29-26(36-25)20-15-31(16-20)27(34)24-10-9-21(35-24)12-23(33)22-4-3-11-28-22/h5-10,13,20,22,28H,3-4,11-12,14-16H2,1-2H3/t22-/m0/s1.